The molecule has 2 rings (SSSR count). The Balaban J connectivity index is 2.74. The Morgan fingerprint density at radius 3 is 1.53 bits per heavy atom. The second-order valence-corrected chi connectivity index (χ2v) is 3.32. The molecule has 1 N–H and O–H groups in total. The van der Waals surface area contributed by atoms with E-state index in [1.807, 2.05) is 0 Å². The number of urea groups is 1. The van der Waals surface area contributed by atoms with E-state index in [0.29, 0.717) is 0 Å². The third-order valence-electron chi connectivity index (χ3n) is 2.23. The summed E-state index contributed by atoms with van der Waals surface area (Å²) in [7, 11) is 0. The van der Waals surface area contributed by atoms with Crippen LogP contribution in [0.25, 0.3) is 0 Å². The fourth-order valence-electron chi connectivity index (χ4n) is 1.39. The lowest BCUT2D eigenvalue weighted by molar-refractivity contribution is -0.134. The van der Waals surface area contributed by atoms with E-state index in [4.69, 9.17) is 0 Å². The highest BCUT2D eigenvalue weighted by atomic mass is 19.2. The Labute approximate surface area is 100 Å². The molecule has 1 aromatic carbocycles. The zero-order valence-corrected chi connectivity index (χ0v) is 8.56. The zero-order chi connectivity index (χ0) is 14.5. The molecule has 5 nitrogen and oxygen atoms in total. The SMILES string of the molecule is O=C1NC(=O)N(c2c(F)c(F)c(F)c(F)c2F)C1=O. The van der Waals surface area contributed by atoms with E-state index in [2.05, 4.69) is 0 Å². The van der Waals surface area contributed by atoms with Crippen LogP contribution in [0.4, 0.5) is 32.4 Å². The molecule has 19 heavy (non-hydrogen) atoms. The van der Waals surface area contributed by atoms with E-state index in [1.54, 1.807) is 0 Å². The highest BCUT2D eigenvalue weighted by Gasteiger charge is 2.43. The van der Waals surface area contributed by atoms with Crippen molar-refractivity contribution in [1.82, 2.24) is 5.32 Å². The molecular weight excluding hydrogens is 279 g/mol. The predicted molar refractivity (Wildman–Crippen MR) is 47.3 cm³/mol. The maximum Gasteiger partial charge on any atom is 0.336 e. The van der Waals surface area contributed by atoms with Crippen LogP contribution in [0.5, 0.6) is 0 Å². The number of nitrogens with zero attached hydrogens (tertiary/aromatic N) is 1. The fourth-order valence-corrected chi connectivity index (χ4v) is 1.39. The molecule has 10 heteroatoms. The normalized spacial score (nSPS) is 15.2. The molecule has 0 spiro atoms. The fraction of sp³-hybridized carbons (Fsp3) is 0. The molecular formula is C9HF5N2O3. The molecule has 0 bridgehead atoms. The van der Waals surface area contributed by atoms with Gasteiger partial charge in [-0.1, -0.05) is 0 Å². The average Bonchev–Trinajstić information content (AvgIpc) is 2.61. The number of rotatable bonds is 1. The van der Waals surface area contributed by atoms with Gasteiger partial charge in [0.25, 0.3) is 0 Å². The van der Waals surface area contributed by atoms with Gasteiger partial charge in [0.05, 0.1) is 0 Å². The smallest absolute Gasteiger partial charge is 0.269 e. The summed E-state index contributed by atoms with van der Waals surface area (Å²) < 4.78 is 65.2. The van der Waals surface area contributed by atoms with Gasteiger partial charge in [0.1, 0.15) is 5.69 Å². The zero-order valence-electron chi connectivity index (χ0n) is 8.56. The number of halogens is 5. The van der Waals surface area contributed by atoms with Gasteiger partial charge in [-0.3, -0.25) is 14.9 Å². The van der Waals surface area contributed by atoms with E-state index >= 15 is 0 Å². The molecule has 0 unspecified atom stereocenters. The van der Waals surface area contributed by atoms with Crippen LogP contribution in [-0.2, 0) is 9.59 Å². The first kappa shape index (κ1) is 12.9. The molecule has 1 fully saturated rings. The highest BCUT2D eigenvalue weighted by Crippen LogP contribution is 2.31. The van der Waals surface area contributed by atoms with Crippen LogP contribution < -0.4 is 10.2 Å². The molecule has 1 saturated heterocycles. The van der Waals surface area contributed by atoms with Crippen molar-refractivity contribution in [3.8, 4) is 0 Å². The van der Waals surface area contributed by atoms with Gasteiger partial charge in [-0.2, -0.15) is 0 Å². The van der Waals surface area contributed by atoms with Crippen LogP contribution in [0.15, 0.2) is 0 Å². The number of carbonyl (C=O) groups excluding carboxylic acids is 3. The number of amides is 4. The van der Waals surface area contributed by atoms with E-state index < -0.39 is 57.5 Å². The Morgan fingerprint density at radius 2 is 1.16 bits per heavy atom. The van der Waals surface area contributed by atoms with E-state index in [9.17, 15) is 36.3 Å². The van der Waals surface area contributed by atoms with Crippen LogP contribution in [0.2, 0.25) is 0 Å². The summed E-state index contributed by atoms with van der Waals surface area (Å²) >= 11 is 0. The Morgan fingerprint density at radius 1 is 0.737 bits per heavy atom. The van der Waals surface area contributed by atoms with Gasteiger partial charge < -0.3 is 0 Å². The third kappa shape index (κ3) is 1.63. The molecule has 1 aliphatic heterocycles. The van der Waals surface area contributed by atoms with Gasteiger partial charge in [-0.25, -0.2) is 31.6 Å². The first-order chi connectivity index (χ1) is 8.77. The van der Waals surface area contributed by atoms with E-state index in [-0.39, 0.29) is 0 Å². The third-order valence-corrected chi connectivity index (χ3v) is 2.23. The van der Waals surface area contributed by atoms with Gasteiger partial charge in [0.2, 0.25) is 5.82 Å². The van der Waals surface area contributed by atoms with Gasteiger partial charge in [0, 0.05) is 0 Å². The monoisotopic (exact) mass is 280 g/mol. The molecule has 0 radical (unpaired) electrons. The summed E-state index contributed by atoms with van der Waals surface area (Å²) in [4.78, 5) is 32.6. The van der Waals surface area contributed by atoms with Crippen molar-refractivity contribution in [2.45, 2.75) is 0 Å². The van der Waals surface area contributed by atoms with Crippen molar-refractivity contribution in [2.24, 2.45) is 0 Å². The molecule has 0 saturated carbocycles. The number of carbonyl (C=O) groups is 3. The lowest BCUT2D eigenvalue weighted by Crippen LogP contribution is -2.33. The number of imide groups is 2. The van der Waals surface area contributed by atoms with Crippen LogP contribution in [-0.4, -0.2) is 17.8 Å². The average molecular weight is 280 g/mol. The summed E-state index contributed by atoms with van der Waals surface area (Å²) in [6.45, 7) is 0. The van der Waals surface area contributed by atoms with Gasteiger partial charge in [-0.05, 0) is 0 Å². The predicted octanol–water partition coefficient (Wildman–Crippen LogP) is 0.965. The maximum atomic E-state index is 13.3. The molecule has 100 valence electrons. The minimum atomic E-state index is -2.45. The molecule has 0 atom stereocenters. The number of hydrogen-bond donors (Lipinski definition) is 1. The van der Waals surface area contributed by atoms with Gasteiger partial charge >= 0.3 is 17.8 Å². The Hall–Kier alpha value is -2.52. The van der Waals surface area contributed by atoms with Crippen molar-refractivity contribution < 1.29 is 36.3 Å². The van der Waals surface area contributed by atoms with Crippen LogP contribution in [0.1, 0.15) is 0 Å². The number of nitrogens with one attached hydrogen (secondary N) is 1. The first-order valence-electron chi connectivity index (χ1n) is 4.48. The Kier molecular flexibility index (Phi) is 2.72. The molecule has 0 aliphatic carbocycles. The summed E-state index contributed by atoms with van der Waals surface area (Å²) in [6, 6.07) is -1.61. The first-order valence-corrected chi connectivity index (χ1v) is 4.48. The Bertz CT molecular complexity index is 616. The van der Waals surface area contributed by atoms with Crippen molar-refractivity contribution >= 4 is 23.5 Å². The topological polar surface area (TPSA) is 66.5 Å². The van der Waals surface area contributed by atoms with Crippen molar-refractivity contribution in [3.63, 3.8) is 0 Å². The lowest BCUT2D eigenvalue weighted by atomic mass is 10.2. The van der Waals surface area contributed by atoms with Crippen LogP contribution in [0.3, 0.4) is 0 Å². The largest absolute Gasteiger partial charge is 0.336 e. The number of benzene rings is 1. The molecule has 0 aromatic heterocycles. The highest BCUT2D eigenvalue weighted by molar-refractivity contribution is 6.53. The summed E-state index contributed by atoms with van der Waals surface area (Å²) in [5.74, 6) is -15.2. The lowest BCUT2D eigenvalue weighted by Gasteiger charge is -2.14. The van der Waals surface area contributed by atoms with Gasteiger partial charge in [0.15, 0.2) is 23.3 Å². The minimum Gasteiger partial charge on any atom is -0.269 e. The second-order valence-electron chi connectivity index (χ2n) is 3.32. The second kappa shape index (κ2) is 4.00. The quantitative estimate of drug-likeness (QED) is 0.274. The van der Waals surface area contributed by atoms with Crippen molar-refractivity contribution in [1.29, 1.82) is 0 Å². The molecule has 1 aliphatic rings. The van der Waals surface area contributed by atoms with Crippen LogP contribution >= 0.6 is 0 Å². The standard InChI is InChI=1S/C9HF5N2O3/c10-1-2(11)4(13)6(5(14)3(1)12)16-8(18)7(17)15-9(16)19/h(H,15,17,19). The summed E-state index contributed by atoms with van der Waals surface area (Å²) in [5.41, 5.74) is -1.80. The maximum absolute atomic E-state index is 13.3. The molecule has 1 aromatic rings. The minimum absolute atomic E-state index is 0.460. The summed E-state index contributed by atoms with van der Waals surface area (Å²) in [5, 5.41) is 1.35. The molecule has 4 amide bonds. The van der Waals surface area contributed by atoms with E-state index in [1.165, 1.54) is 5.32 Å². The van der Waals surface area contributed by atoms with Crippen LogP contribution in [0, 0.1) is 29.1 Å². The van der Waals surface area contributed by atoms with Crippen molar-refractivity contribution in [2.75, 3.05) is 4.90 Å². The number of hydrogen-bond acceptors (Lipinski definition) is 3. The van der Waals surface area contributed by atoms with E-state index in [0.717, 1.165) is 0 Å². The van der Waals surface area contributed by atoms with Gasteiger partial charge in [-0.15, -0.1) is 0 Å². The number of anilines is 1. The summed E-state index contributed by atoms with van der Waals surface area (Å²) in [6.07, 6.45) is 0. The van der Waals surface area contributed by atoms with Crippen molar-refractivity contribution in [3.05, 3.63) is 29.1 Å². The molecule has 1 heterocycles.